The number of carboxylic acid groups (broad SMARTS) is 1. The molecule has 23 heavy (non-hydrogen) atoms. The lowest BCUT2D eigenvalue weighted by atomic mass is 9.95. The van der Waals surface area contributed by atoms with Crippen molar-refractivity contribution in [3.63, 3.8) is 0 Å². The number of nitrogens with zero attached hydrogens (tertiary/aromatic N) is 1. The Labute approximate surface area is 144 Å². The maximum atomic E-state index is 13.1. The summed E-state index contributed by atoms with van der Waals surface area (Å²) in [6.07, 6.45) is -0.106. The summed E-state index contributed by atoms with van der Waals surface area (Å²) in [5.74, 6) is -0.989. The molecule has 1 aromatic heterocycles. The first-order valence-electron chi connectivity index (χ1n) is 7.48. The zero-order chi connectivity index (χ0) is 17.3. The standard InChI is InChI=1S/C18H20BrNO3/c1-5-20-13(9-15(21)22)8-14(19)17(20)18(23)16-11(3)6-10(2)7-12(16)4/h6-8H,5,9H2,1-4H3,(H,21,22). The molecule has 0 unspecified atom stereocenters. The van der Waals surface area contributed by atoms with Gasteiger partial charge >= 0.3 is 5.97 Å². The van der Waals surface area contributed by atoms with E-state index < -0.39 is 5.97 Å². The Hall–Kier alpha value is -1.88. The molecule has 5 heteroatoms. The molecule has 2 aromatic rings. The van der Waals surface area contributed by atoms with E-state index in [1.54, 1.807) is 10.6 Å². The average Bonchev–Trinajstić information content (AvgIpc) is 2.71. The van der Waals surface area contributed by atoms with Gasteiger partial charge in [-0.25, -0.2) is 0 Å². The lowest BCUT2D eigenvalue weighted by molar-refractivity contribution is -0.136. The molecule has 0 bridgehead atoms. The van der Waals surface area contributed by atoms with Crippen molar-refractivity contribution in [2.24, 2.45) is 0 Å². The normalized spacial score (nSPS) is 10.8. The van der Waals surface area contributed by atoms with Gasteiger partial charge < -0.3 is 9.67 Å². The number of halogens is 1. The van der Waals surface area contributed by atoms with Gasteiger partial charge in [-0.05, 0) is 60.8 Å². The second kappa shape index (κ2) is 6.71. The summed E-state index contributed by atoms with van der Waals surface area (Å²) in [5, 5.41) is 9.05. The molecule has 0 aliphatic heterocycles. The van der Waals surface area contributed by atoms with Crippen LogP contribution in [0.1, 0.15) is 45.4 Å². The second-order valence-corrected chi connectivity index (χ2v) is 6.60. The summed E-state index contributed by atoms with van der Waals surface area (Å²) >= 11 is 3.43. The zero-order valence-corrected chi connectivity index (χ0v) is 15.3. The van der Waals surface area contributed by atoms with Gasteiger partial charge in [-0.15, -0.1) is 0 Å². The molecule has 0 radical (unpaired) electrons. The number of aryl methyl sites for hydroxylation is 3. The summed E-state index contributed by atoms with van der Waals surface area (Å²) in [5.41, 5.74) is 4.81. The van der Waals surface area contributed by atoms with E-state index in [9.17, 15) is 9.59 Å². The van der Waals surface area contributed by atoms with E-state index >= 15 is 0 Å². The Bertz CT molecular complexity index is 767. The lowest BCUT2D eigenvalue weighted by Crippen LogP contribution is -2.16. The van der Waals surface area contributed by atoms with Crippen LogP contribution in [0.15, 0.2) is 22.7 Å². The van der Waals surface area contributed by atoms with Crippen LogP contribution in [0, 0.1) is 20.8 Å². The summed E-state index contributed by atoms with van der Waals surface area (Å²) in [6.45, 7) is 8.31. The van der Waals surface area contributed by atoms with Crippen molar-refractivity contribution in [1.82, 2.24) is 4.57 Å². The van der Waals surface area contributed by atoms with Gasteiger partial charge in [0, 0.05) is 22.3 Å². The van der Waals surface area contributed by atoms with E-state index in [2.05, 4.69) is 15.9 Å². The first-order valence-corrected chi connectivity index (χ1v) is 8.27. The lowest BCUT2D eigenvalue weighted by Gasteiger charge is -2.14. The van der Waals surface area contributed by atoms with Crippen LogP contribution in [0.4, 0.5) is 0 Å². The predicted octanol–water partition coefficient (Wildman–Crippen LogP) is 4.05. The zero-order valence-electron chi connectivity index (χ0n) is 13.7. The molecule has 0 fully saturated rings. The number of benzene rings is 1. The Morgan fingerprint density at radius 3 is 2.17 bits per heavy atom. The molecule has 0 saturated heterocycles. The molecule has 0 aliphatic rings. The molecule has 1 heterocycles. The summed E-state index contributed by atoms with van der Waals surface area (Å²) in [6, 6.07) is 5.71. The molecule has 0 atom stereocenters. The first-order chi connectivity index (χ1) is 10.8. The molecule has 1 N–H and O–H groups in total. The largest absolute Gasteiger partial charge is 0.481 e. The third-order valence-electron chi connectivity index (χ3n) is 3.90. The fourth-order valence-corrected chi connectivity index (χ4v) is 3.77. The number of rotatable bonds is 5. The van der Waals surface area contributed by atoms with Gasteiger partial charge in [0.25, 0.3) is 0 Å². The number of carbonyl (C=O) groups is 2. The number of hydrogen-bond donors (Lipinski definition) is 1. The number of aliphatic carboxylic acids is 1. The molecule has 0 spiro atoms. The Morgan fingerprint density at radius 2 is 1.70 bits per heavy atom. The van der Waals surface area contributed by atoms with Crippen LogP contribution in [-0.2, 0) is 17.8 Å². The highest BCUT2D eigenvalue weighted by Crippen LogP contribution is 2.28. The number of aromatic nitrogens is 1. The topological polar surface area (TPSA) is 59.3 Å². The second-order valence-electron chi connectivity index (χ2n) is 5.75. The van der Waals surface area contributed by atoms with Crippen LogP contribution < -0.4 is 0 Å². The van der Waals surface area contributed by atoms with Crippen molar-refractivity contribution >= 4 is 27.7 Å². The van der Waals surface area contributed by atoms with Gasteiger partial charge in [0.15, 0.2) is 0 Å². The van der Waals surface area contributed by atoms with Gasteiger partial charge in [0.1, 0.15) is 5.69 Å². The van der Waals surface area contributed by atoms with Crippen LogP contribution in [-0.4, -0.2) is 21.4 Å². The third-order valence-corrected chi connectivity index (χ3v) is 4.51. The highest BCUT2D eigenvalue weighted by molar-refractivity contribution is 9.10. The van der Waals surface area contributed by atoms with Gasteiger partial charge in [-0.2, -0.15) is 0 Å². The molecule has 0 aliphatic carbocycles. The van der Waals surface area contributed by atoms with Gasteiger partial charge in [-0.3, -0.25) is 9.59 Å². The van der Waals surface area contributed by atoms with Crippen molar-refractivity contribution in [3.05, 3.63) is 56.3 Å². The summed E-state index contributed by atoms with van der Waals surface area (Å²) < 4.78 is 2.42. The Balaban J connectivity index is 2.60. The van der Waals surface area contributed by atoms with Crippen LogP contribution in [0.5, 0.6) is 0 Å². The van der Waals surface area contributed by atoms with Crippen molar-refractivity contribution in [2.75, 3.05) is 0 Å². The van der Waals surface area contributed by atoms with E-state index in [4.69, 9.17) is 5.11 Å². The van der Waals surface area contributed by atoms with Crippen molar-refractivity contribution in [3.8, 4) is 0 Å². The minimum atomic E-state index is -0.911. The van der Waals surface area contributed by atoms with Crippen molar-refractivity contribution < 1.29 is 14.7 Å². The molecule has 122 valence electrons. The number of ketones is 1. The molecule has 4 nitrogen and oxygen atoms in total. The molecular weight excluding hydrogens is 358 g/mol. The predicted molar refractivity (Wildman–Crippen MR) is 93.2 cm³/mol. The number of carboxylic acids is 1. The fraction of sp³-hybridized carbons (Fsp3) is 0.333. The van der Waals surface area contributed by atoms with Gasteiger partial charge in [0.05, 0.1) is 6.42 Å². The number of carbonyl (C=O) groups excluding carboxylic acids is 1. The Morgan fingerprint density at radius 1 is 1.13 bits per heavy atom. The minimum absolute atomic E-state index is 0.0784. The minimum Gasteiger partial charge on any atom is -0.481 e. The Kier molecular flexibility index (Phi) is 5.09. The summed E-state index contributed by atoms with van der Waals surface area (Å²) in [7, 11) is 0. The van der Waals surface area contributed by atoms with E-state index in [0.29, 0.717) is 28.0 Å². The molecular formula is C18H20BrNO3. The van der Waals surface area contributed by atoms with Gasteiger partial charge in [0.2, 0.25) is 5.78 Å². The van der Waals surface area contributed by atoms with E-state index in [0.717, 1.165) is 16.7 Å². The number of hydrogen-bond acceptors (Lipinski definition) is 2. The fourth-order valence-electron chi connectivity index (χ4n) is 3.12. The molecule has 0 saturated carbocycles. The van der Waals surface area contributed by atoms with Crippen LogP contribution in [0.25, 0.3) is 0 Å². The van der Waals surface area contributed by atoms with Crippen molar-refractivity contribution in [1.29, 1.82) is 0 Å². The highest BCUT2D eigenvalue weighted by Gasteiger charge is 2.24. The van der Waals surface area contributed by atoms with Gasteiger partial charge in [-0.1, -0.05) is 17.7 Å². The van der Waals surface area contributed by atoms with E-state index in [-0.39, 0.29) is 12.2 Å². The summed E-state index contributed by atoms with van der Waals surface area (Å²) in [4.78, 5) is 24.1. The van der Waals surface area contributed by atoms with Crippen LogP contribution >= 0.6 is 15.9 Å². The SMILES string of the molecule is CCn1c(CC(=O)O)cc(Br)c1C(=O)c1c(C)cc(C)cc1C. The highest BCUT2D eigenvalue weighted by atomic mass is 79.9. The van der Waals surface area contributed by atoms with Crippen molar-refractivity contribution in [2.45, 2.75) is 40.7 Å². The molecule has 0 amide bonds. The average molecular weight is 378 g/mol. The van der Waals surface area contributed by atoms with Crippen LogP contribution in [0.3, 0.4) is 0 Å². The van der Waals surface area contributed by atoms with Crippen LogP contribution in [0.2, 0.25) is 0 Å². The third kappa shape index (κ3) is 3.39. The maximum absolute atomic E-state index is 13.1. The quantitative estimate of drug-likeness (QED) is 0.799. The van der Waals surface area contributed by atoms with E-state index in [1.807, 2.05) is 39.8 Å². The first kappa shape index (κ1) is 17.5. The van der Waals surface area contributed by atoms with E-state index in [1.165, 1.54) is 0 Å². The molecule has 2 rings (SSSR count). The maximum Gasteiger partial charge on any atom is 0.309 e. The molecule has 1 aromatic carbocycles. The monoisotopic (exact) mass is 377 g/mol. The smallest absolute Gasteiger partial charge is 0.309 e.